The number of aryl methyl sites for hydroxylation is 2. The molecule has 0 atom stereocenters. The van der Waals surface area contributed by atoms with Crippen molar-refractivity contribution in [3.8, 4) is 11.8 Å². The zero-order valence-electron chi connectivity index (χ0n) is 18.3. The molecular weight excluding hydrogens is 426 g/mol. The zero-order chi connectivity index (χ0) is 23.1. The summed E-state index contributed by atoms with van der Waals surface area (Å²) in [4.78, 5) is 26.2. The van der Waals surface area contributed by atoms with Gasteiger partial charge in [0.15, 0.2) is 5.57 Å². The fourth-order valence-electron chi connectivity index (χ4n) is 3.23. The quantitative estimate of drug-likeness (QED) is 0.530. The largest absolute Gasteiger partial charge is 0.465 e. The Morgan fingerprint density at radius 2 is 2.16 bits per heavy atom. The molecule has 0 fully saturated rings. The third-order valence-corrected chi connectivity index (χ3v) is 5.83. The van der Waals surface area contributed by atoms with Gasteiger partial charge < -0.3 is 14.5 Å². The third-order valence-electron chi connectivity index (χ3n) is 4.74. The number of benzene rings is 1. The second-order valence-electron chi connectivity index (χ2n) is 7.15. The summed E-state index contributed by atoms with van der Waals surface area (Å²) in [6.07, 6.45) is 3.77. The molecule has 0 saturated carbocycles. The summed E-state index contributed by atoms with van der Waals surface area (Å²) in [5, 5.41) is 12.6. The molecule has 166 valence electrons. The smallest absolute Gasteiger partial charge is 0.273 e. The van der Waals surface area contributed by atoms with E-state index in [1.165, 1.54) is 10.8 Å². The number of furan rings is 1. The molecule has 0 aliphatic rings. The van der Waals surface area contributed by atoms with Gasteiger partial charge in [-0.1, -0.05) is 17.7 Å². The highest BCUT2D eigenvalue weighted by molar-refractivity contribution is 7.07. The Morgan fingerprint density at radius 1 is 1.34 bits per heavy atom. The minimum Gasteiger partial charge on any atom is -0.465 e. The van der Waals surface area contributed by atoms with E-state index in [0.29, 0.717) is 42.2 Å². The number of amides is 1. The molecule has 2 heterocycles. The number of nitriles is 1. The minimum absolute atomic E-state index is 0.109. The standard InChI is InChI=1S/C24H25N3O4S/c1-4-30-11-6-10-26-22(28)19(15-25)24-27(20-9-8-16(2)13-17(20)3)23(29)21(32-24)14-18-7-5-12-31-18/h5,7-9,12-14H,4,6,10-11H2,1-3H3,(H,26,28)/b21-14-,24-19-. The van der Waals surface area contributed by atoms with Crippen molar-refractivity contribution in [1.82, 2.24) is 9.88 Å². The lowest BCUT2D eigenvalue weighted by Crippen LogP contribution is -2.34. The SMILES string of the molecule is CCOCCCNC(=O)/C(C#N)=c1\s/c(=C\c2ccco2)c(=O)n1-c1ccc(C)cc1C. The van der Waals surface area contributed by atoms with Crippen molar-refractivity contribution in [3.05, 3.63) is 73.0 Å². The minimum atomic E-state index is -0.520. The van der Waals surface area contributed by atoms with Crippen LogP contribution in [-0.2, 0) is 9.53 Å². The fraction of sp³-hybridized carbons (Fsp3) is 0.292. The van der Waals surface area contributed by atoms with Crippen LogP contribution in [0.15, 0.2) is 45.8 Å². The monoisotopic (exact) mass is 451 g/mol. The maximum atomic E-state index is 13.4. The van der Waals surface area contributed by atoms with Gasteiger partial charge in [-0.2, -0.15) is 5.26 Å². The molecule has 0 unspecified atom stereocenters. The van der Waals surface area contributed by atoms with Gasteiger partial charge in [0.2, 0.25) is 0 Å². The molecule has 1 aromatic carbocycles. The highest BCUT2D eigenvalue weighted by Crippen LogP contribution is 2.13. The van der Waals surface area contributed by atoms with Crippen LogP contribution < -0.4 is 20.1 Å². The molecule has 0 aliphatic heterocycles. The molecule has 2 aromatic heterocycles. The van der Waals surface area contributed by atoms with E-state index in [1.807, 2.05) is 45.0 Å². The van der Waals surface area contributed by atoms with E-state index in [0.717, 1.165) is 22.5 Å². The fourth-order valence-corrected chi connectivity index (χ4v) is 4.31. The van der Waals surface area contributed by atoms with E-state index in [2.05, 4.69) is 5.32 Å². The number of thiazole rings is 1. The molecule has 1 amide bonds. The van der Waals surface area contributed by atoms with Crippen LogP contribution in [-0.4, -0.2) is 30.2 Å². The number of aromatic nitrogens is 1. The Labute approximate surface area is 189 Å². The van der Waals surface area contributed by atoms with Gasteiger partial charge in [0.25, 0.3) is 11.5 Å². The highest BCUT2D eigenvalue weighted by Gasteiger charge is 2.18. The van der Waals surface area contributed by atoms with Crippen LogP contribution in [0.2, 0.25) is 0 Å². The summed E-state index contributed by atoms with van der Waals surface area (Å²) in [6, 6.07) is 11.1. The molecule has 0 saturated heterocycles. The number of hydrogen-bond donors (Lipinski definition) is 1. The molecule has 3 rings (SSSR count). The Hall–Kier alpha value is -3.41. The Bertz CT molecular complexity index is 1310. The first kappa shape index (κ1) is 23.3. The van der Waals surface area contributed by atoms with Crippen molar-refractivity contribution in [3.63, 3.8) is 0 Å². The van der Waals surface area contributed by atoms with Crippen molar-refractivity contribution in [2.75, 3.05) is 19.8 Å². The Kier molecular flexibility index (Phi) is 7.82. The van der Waals surface area contributed by atoms with Crippen LogP contribution in [0.3, 0.4) is 0 Å². The van der Waals surface area contributed by atoms with Crippen molar-refractivity contribution in [2.24, 2.45) is 0 Å². The van der Waals surface area contributed by atoms with Crippen LogP contribution in [0.5, 0.6) is 0 Å². The number of hydrogen-bond acceptors (Lipinski definition) is 6. The number of ether oxygens (including phenoxy) is 1. The predicted octanol–water partition coefficient (Wildman–Crippen LogP) is 2.15. The predicted molar refractivity (Wildman–Crippen MR) is 124 cm³/mol. The molecule has 0 bridgehead atoms. The molecule has 0 radical (unpaired) electrons. The average Bonchev–Trinajstić information content (AvgIpc) is 3.38. The lowest BCUT2D eigenvalue weighted by atomic mass is 10.1. The van der Waals surface area contributed by atoms with Crippen LogP contribution in [0.25, 0.3) is 17.3 Å². The van der Waals surface area contributed by atoms with E-state index in [4.69, 9.17) is 9.15 Å². The molecule has 0 spiro atoms. The first-order valence-electron chi connectivity index (χ1n) is 10.3. The zero-order valence-corrected chi connectivity index (χ0v) is 19.1. The number of nitrogens with zero attached hydrogens (tertiary/aromatic N) is 2. The summed E-state index contributed by atoms with van der Waals surface area (Å²) in [7, 11) is 0. The number of nitrogens with one attached hydrogen (secondary N) is 1. The first-order chi connectivity index (χ1) is 15.5. The summed E-state index contributed by atoms with van der Waals surface area (Å²) in [6.45, 7) is 7.26. The van der Waals surface area contributed by atoms with E-state index in [-0.39, 0.29) is 15.8 Å². The van der Waals surface area contributed by atoms with Crippen molar-refractivity contribution < 1.29 is 13.9 Å². The van der Waals surface area contributed by atoms with E-state index < -0.39 is 5.91 Å². The first-order valence-corrected chi connectivity index (χ1v) is 11.1. The molecule has 1 N–H and O–H groups in total. The van der Waals surface area contributed by atoms with Gasteiger partial charge in [-0.05, 0) is 51.0 Å². The molecule has 3 aromatic rings. The molecule has 32 heavy (non-hydrogen) atoms. The van der Waals surface area contributed by atoms with Crippen LogP contribution >= 0.6 is 11.3 Å². The summed E-state index contributed by atoms with van der Waals surface area (Å²) in [5.74, 6) is -0.00475. The second-order valence-corrected chi connectivity index (χ2v) is 8.19. The molecule has 7 nitrogen and oxygen atoms in total. The van der Waals surface area contributed by atoms with Gasteiger partial charge in [0, 0.05) is 25.8 Å². The molecule has 8 heteroatoms. The third kappa shape index (κ3) is 5.25. The van der Waals surface area contributed by atoms with Gasteiger partial charge >= 0.3 is 0 Å². The average molecular weight is 452 g/mol. The van der Waals surface area contributed by atoms with E-state index >= 15 is 0 Å². The number of rotatable bonds is 8. The van der Waals surface area contributed by atoms with Gasteiger partial charge in [-0.3, -0.25) is 14.2 Å². The Morgan fingerprint density at radius 3 is 2.81 bits per heavy atom. The molecular formula is C24H25N3O4S. The topological polar surface area (TPSA) is 97.3 Å². The van der Waals surface area contributed by atoms with Gasteiger partial charge in [0.1, 0.15) is 16.5 Å². The van der Waals surface area contributed by atoms with Crippen molar-refractivity contribution in [1.29, 1.82) is 5.26 Å². The highest BCUT2D eigenvalue weighted by atomic mass is 32.1. The van der Waals surface area contributed by atoms with Gasteiger partial charge in [-0.15, -0.1) is 11.3 Å². The van der Waals surface area contributed by atoms with E-state index in [1.54, 1.807) is 18.2 Å². The van der Waals surface area contributed by atoms with Crippen LogP contribution in [0.4, 0.5) is 0 Å². The second kappa shape index (κ2) is 10.8. The molecule has 0 aliphatic carbocycles. The van der Waals surface area contributed by atoms with E-state index in [9.17, 15) is 14.9 Å². The van der Waals surface area contributed by atoms with Gasteiger partial charge in [-0.25, -0.2) is 0 Å². The van der Waals surface area contributed by atoms with Crippen LogP contribution in [0.1, 0.15) is 30.2 Å². The summed E-state index contributed by atoms with van der Waals surface area (Å²) < 4.78 is 12.7. The summed E-state index contributed by atoms with van der Waals surface area (Å²) >= 11 is 1.09. The Balaban J connectivity index is 2.17. The van der Waals surface area contributed by atoms with Crippen molar-refractivity contribution >= 4 is 28.9 Å². The van der Waals surface area contributed by atoms with Crippen molar-refractivity contribution in [2.45, 2.75) is 27.2 Å². The number of carbonyl (C=O) groups is 1. The lowest BCUT2D eigenvalue weighted by Gasteiger charge is -2.09. The van der Waals surface area contributed by atoms with Crippen LogP contribution in [0, 0.1) is 25.2 Å². The maximum absolute atomic E-state index is 13.4. The maximum Gasteiger partial charge on any atom is 0.273 e. The van der Waals surface area contributed by atoms with Gasteiger partial charge in [0.05, 0.1) is 16.5 Å². The number of carbonyl (C=O) groups excluding carboxylic acids is 1. The summed E-state index contributed by atoms with van der Waals surface area (Å²) in [5.41, 5.74) is 2.12. The lowest BCUT2D eigenvalue weighted by molar-refractivity contribution is -0.115. The normalized spacial score (nSPS) is 12.5.